The van der Waals surface area contributed by atoms with Crippen molar-refractivity contribution in [3.63, 3.8) is 0 Å². The fraction of sp³-hybridized carbons (Fsp3) is 0.600. The Morgan fingerprint density at radius 1 is 1.21 bits per heavy atom. The molecule has 1 heterocycles. The molecular formula is C20H33N5O3S. The van der Waals surface area contributed by atoms with Crippen LogP contribution in [0.25, 0.3) is 0 Å². The van der Waals surface area contributed by atoms with Gasteiger partial charge in [-0.1, -0.05) is 12.1 Å². The predicted molar refractivity (Wildman–Crippen MR) is 117 cm³/mol. The highest BCUT2D eigenvalue weighted by Gasteiger charge is 2.20. The second-order valence-electron chi connectivity index (χ2n) is 7.33. The first-order valence-corrected chi connectivity index (χ1v) is 11.9. The summed E-state index contributed by atoms with van der Waals surface area (Å²) >= 11 is 0. The SMILES string of the molecule is CCNC(=NCCN1CCS(=O)(=O)CC1)NCCc1cccc(C(=O)N(C)C)c1. The molecule has 1 aromatic carbocycles. The third-order valence-corrected chi connectivity index (χ3v) is 6.36. The van der Waals surface area contributed by atoms with Gasteiger partial charge in [0.2, 0.25) is 0 Å². The van der Waals surface area contributed by atoms with Gasteiger partial charge < -0.3 is 15.5 Å². The van der Waals surface area contributed by atoms with Crippen molar-refractivity contribution in [2.24, 2.45) is 4.99 Å². The van der Waals surface area contributed by atoms with Crippen molar-refractivity contribution in [3.05, 3.63) is 35.4 Å². The van der Waals surface area contributed by atoms with Crippen LogP contribution in [-0.2, 0) is 16.3 Å². The first-order chi connectivity index (χ1) is 13.8. The number of amides is 1. The van der Waals surface area contributed by atoms with E-state index in [1.165, 1.54) is 0 Å². The Balaban J connectivity index is 1.81. The molecule has 0 spiro atoms. The lowest BCUT2D eigenvalue weighted by Crippen LogP contribution is -2.42. The van der Waals surface area contributed by atoms with E-state index in [2.05, 4.69) is 20.5 Å². The van der Waals surface area contributed by atoms with Crippen molar-refractivity contribution in [2.45, 2.75) is 13.3 Å². The Kier molecular flexibility index (Phi) is 8.91. The number of rotatable bonds is 8. The number of nitrogens with one attached hydrogen (secondary N) is 2. The molecule has 1 aromatic rings. The van der Waals surface area contributed by atoms with Gasteiger partial charge in [-0.2, -0.15) is 0 Å². The topological polar surface area (TPSA) is 94.1 Å². The van der Waals surface area contributed by atoms with Crippen molar-refractivity contribution in [1.29, 1.82) is 0 Å². The van der Waals surface area contributed by atoms with Gasteiger partial charge in [0, 0.05) is 52.4 Å². The van der Waals surface area contributed by atoms with Crippen LogP contribution >= 0.6 is 0 Å². The summed E-state index contributed by atoms with van der Waals surface area (Å²) < 4.78 is 23.0. The summed E-state index contributed by atoms with van der Waals surface area (Å²) in [4.78, 5) is 20.4. The molecule has 0 saturated carbocycles. The number of hydrogen-bond donors (Lipinski definition) is 2. The van der Waals surface area contributed by atoms with Gasteiger partial charge in [-0.05, 0) is 31.0 Å². The van der Waals surface area contributed by atoms with Crippen LogP contribution in [0.1, 0.15) is 22.8 Å². The molecule has 2 rings (SSSR count). The maximum Gasteiger partial charge on any atom is 0.253 e. The number of nitrogens with zero attached hydrogens (tertiary/aromatic N) is 3. The normalized spacial score (nSPS) is 17.0. The number of carbonyl (C=O) groups is 1. The average molecular weight is 424 g/mol. The van der Waals surface area contributed by atoms with E-state index >= 15 is 0 Å². The lowest BCUT2D eigenvalue weighted by molar-refractivity contribution is 0.0827. The Labute approximate surface area is 174 Å². The van der Waals surface area contributed by atoms with Crippen molar-refractivity contribution in [1.82, 2.24) is 20.4 Å². The van der Waals surface area contributed by atoms with Crippen molar-refractivity contribution in [2.75, 3.05) is 64.9 Å². The van der Waals surface area contributed by atoms with Crippen LogP contribution < -0.4 is 10.6 Å². The van der Waals surface area contributed by atoms with E-state index in [-0.39, 0.29) is 17.4 Å². The maximum atomic E-state index is 12.1. The molecule has 0 aliphatic carbocycles. The molecule has 29 heavy (non-hydrogen) atoms. The van der Waals surface area contributed by atoms with Crippen LogP contribution in [0.4, 0.5) is 0 Å². The predicted octanol–water partition coefficient (Wildman–Crippen LogP) is 0.216. The van der Waals surface area contributed by atoms with Crippen molar-refractivity contribution >= 4 is 21.7 Å². The lowest BCUT2D eigenvalue weighted by atomic mass is 10.1. The largest absolute Gasteiger partial charge is 0.357 e. The van der Waals surface area contributed by atoms with E-state index in [1.807, 2.05) is 31.2 Å². The Bertz CT molecular complexity index is 794. The minimum atomic E-state index is -2.84. The fourth-order valence-corrected chi connectivity index (χ4v) is 4.34. The summed E-state index contributed by atoms with van der Waals surface area (Å²) in [6.45, 7) is 6.02. The van der Waals surface area contributed by atoms with Crippen LogP contribution in [0.5, 0.6) is 0 Å². The van der Waals surface area contributed by atoms with Crippen LogP contribution in [-0.4, -0.2) is 95.0 Å². The van der Waals surface area contributed by atoms with Gasteiger partial charge >= 0.3 is 0 Å². The van der Waals surface area contributed by atoms with Crippen molar-refractivity contribution in [3.8, 4) is 0 Å². The van der Waals surface area contributed by atoms with Crippen LogP contribution in [0.15, 0.2) is 29.3 Å². The average Bonchev–Trinajstić information content (AvgIpc) is 2.69. The molecule has 0 aromatic heterocycles. The standard InChI is InChI=1S/C20H33N5O3S/c1-4-21-20(23-10-11-25-12-14-29(27,28)15-13-25)22-9-8-17-6-5-7-18(16-17)19(26)24(2)3/h5-7,16H,4,8-15H2,1-3H3,(H2,21,22,23). The molecular weight excluding hydrogens is 390 g/mol. The van der Waals surface area contributed by atoms with Gasteiger partial charge in [-0.3, -0.25) is 14.7 Å². The van der Waals surface area contributed by atoms with E-state index < -0.39 is 9.84 Å². The van der Waals surface area contributed by atoms with Crippen molar-refractivity contribution < 1.29 is 13.2 Å². The second kappa shape index (κ2) is 11.2. The summed E-state index contributed by atoms with van der Waals surface area (Å²) in [6.07, 6.45) is 0.781. The zero-order chi connectivity index (χ0) is 21.3. The Morgan fingerprint density at radius 3 is 2.59 bits per heavy atom. The zero-order valence-corrected chi connectivity index (χ0v) is 18.5. The molecule has 0 bridgehead atoms. The number of aliphatic imine (C=N–C) groups is 1. The molecule has 1 aliphatic heterocycles. The highest BCUT2D eigenvalue weighted by atomic mass is 32.2. The summed E-state index contributed by atoms with van der Waals surface area (Å²) in [5, 5.41) is 6.55. The number of benzene rings is 1. The summed E-state index contributed by atoms with van der Waals surface area (Å²) in [7, 11) is 0.654. The molecule has 1 aliphatic rings. The summed E-state index contributed by atoms with van der Waals surface area (Å²) in [6, 6.07) is 7.68. The van der Waals surface area contributed by atoms with E-state index in [9.17, 15) is 13.2 Å². The third-order valence-electron chi connectivity index (χ3n) is 4.75. The minimum Gasteiger partial charge on any atom is -0.357 e. The van der Waals surface area contributed by atoms with Crippen LogP contribution in [0, 0.1) is 0 Å². The summed E-state index contributed by atoms with van der Waals surface area (Å²) in [5.74, 6) is 1.23. The molecule has 162 valence electrons. The molecule has 0 radical (unpaired) electrons. The second-order valence-corrected chi connectivity index (χ2v) is 9.63. The van der Waals surface area contributed by atoms with Crippen LogP contribution in [0.3, 0.4) is 0 Å². The van der Waals surface area contributed by atoms with Gasteiger partial charge in [0.25, 0.3) is 5.91 Å². The van der Waals surface area contributed by atoms with Gasteiger partial charge in [-0.25, -0.2) is 8.42 Å². The van der Waals surface area contributed by atoms with E-state index in [0.717, 1.165) is 31.0 Å². The number of guanidine groups is 1. The van der Waals surface area contributed by atoms with Gasteiger partial charge in [0.1, 0.15) is 0 Å². The quantitative estimate of drug-likeness (QED) is 0.459. The highest BCUT2D eigenvalue weighted by molar-refractivity contribution is 7.91. The number of sulfone groups is 1. The van der Waals surface area contributed by atoms with Crippen LogP contribution in [0.2, 0.25) is 0 Å². The molecule has 8 nitrogen and oxygen atoms in total. The Hall–Kier alpha value is -2.13. The van der Waals surface area contributed by atoms with Gasteiger partial charge in [-0.15, -0.1) is 0 Å². The molecule has 0 atom stereocenters. The Morgan fingerprint density at radius 2 is 1.93 bits per heavy atom. The van der Waals surface area contributed by atoms with Gasteiger partial charge in [0.15, 0.2) is 15.8 Å². The third kappa shape index (κ3) is 8.02. The molecule has 2 N–H and O–H groups in total. The molecule has 1 fully saturated rings. The van der Waals surface area contributed by atoms with E-state index in [1.54, 1.807) is 19.0 Å². The highest BCUT2D eigenvalue weighted by Crippen LogP contribution is 2.08. The summed E-state index contributed by atoms with van der Waals surface area (Å²) in [5.41, 5.74) is 1.78. The molecule has 9 heteroatoms. The zero-order valence-electron chi connectivity index (χ0n) is 17.6. The first-order valence-electron chi connectivity index (χ1n) is 10.1. The minimum absolute atomic E-state index is 0.000207. The fourth-order valence-electron chi connectivity index (χ4n) is 3.06. The monoisotopic (exact) mass is 423 g/mol. The smallest absolute Gasteiger partial charge is 0.253 e. The van der Waals surface area contributed by atoms with Gasteiger partial charge in [0.05, 0.1) is 18.1 Å². The molecule has 0 unspecified atom stereocenters. The van der Waals surface area contributed by atoms with E-state index in [4.69, 9.17) is 0 Å². The maximum absolute atomic E-state index is 12.1. The number of hydrogen-bond acceptors (Lipinski definition) is 5. The lowest BCUT2D eigenvalue weighted by Gasteiger charge is -2.25. The number of carbonyl (C=O) groups excluding carboxylic acids is 1. The molecule has 1 saturated heterocycles. The molecule has 1 amide bonds. The first kappa shape index (κ1) is 23.2. The van der Waals surface area contributed by atoms with E-state index in [0.29, 0.717) is 31.7 Å².